The molecule has 1 aliphatic rings. The molecule has 0 spiro atoms. The van der Waals surface area contributed by atoms with Crippen molar-refractivity contribution in [3.63, 3.8) is 0 Å². The monoisotopic (exact) mass is 210 g/mol. The number of halogens is 1. The lowest BCUT2D eigenvalue weighted by atomic mass is 10.1. The van der Waals surface area contributed by atoms with Gasteiger partial charge < -0.3 is 10.8 Å². The second-order valence-corrected chi connectivity index (χ2v) is 3.77. The van der Waals surface area contributed by atoms with Crippen LogP contribution in [0.5, 0.6) is 0 Å². The van der Waals surface area contributed by atoms with Crippen LogP contribution < -0.4 is 5.73 Å². The maximum Gasteiger partial charge on any atom is 0.357 e. The molecule has 3 N–H and O–H groups in total. The van der Waals surface area contributed by atoms with E-state index in [1.165, 1.54) is 12.3 Å². The number of nitrogens with two attached hydrogens (primary N) is 1. The molecule has 2 rings (SSSR count). The second kappa shape index (κ2) is 3.58. The molecule has 1 fully saturated rings. The zero-order chi connectivity index (χ0) is 11.0. The average molecular weight is 210 g/mol. The summed E-state index contributed by atoms with van der Waals surface area (Å²) in [4.78, 5) is 14.1. The minimum Gasteiger partial charge on any atom is -0.476 e. The van der Waals surface area contributed by atoms with Gasteiger partial charge in [0.2, 0.25) is 0 Å². The first-order valence-corrected chi connectivity index (χ1v) is 4.74. The first-order chi connectivity index (χ1) is 7.09. The van der Waals surface area contributed by atoms with Crippen LogP contribution in [0.25, 0.3) is 0 Å². The minimum atomic E-state index is -1.36. The van der Waals surface area contributed by atoms with Crippen molar-refractivity contribution in [2.24, 2.45) is 11.7 Å². The molecule has 0 saturated heterocycles. The molecular weight excluding hydrogens is 199 g/mol. The van der Waals surface area contributed by atoms with Crippen molar-refractivity contribution in [1.82, 2.24) is 4.98 Å². The van der Waals surface area contributed by atoms with Gasteiger partial charge in [-0.15, -0.1) is 0 Å². The molecule has 1 heterocycles. The van der Waals surface area contributed by atoms with E-state index in [1.54, 1.807) is 0 Å². The van der Waals surface area contributed by atoms with Crippen LogP contribution in [0, 0.1) is 11.7 Å². The minimum absolute atomic E-state index is 0.227. The number of rotatable bonds is 3. The molecule has 0 bridgehead atoms. The number of hydrogen-bond acceptors (Lipinski definition) is 3. The molecule has 15 heavy (non-hydrogen) atoms. The van der Waals surface area contributed by atoms with Crippen LogP contribution in [0.4, 0.5) is 4.39 Å². The molecule has 1 saturated carbocycles. The van der Waals surface area contributed by atoms with E-state index in [0.717, 1.165) is 12.8 Å². The Kier molecular flexibility index (Phi) is 2.40. The molecule has 1 aromatic heterocycles. The van der Waals surface area contributed by atoms with Gasteiger partial charge in [0.05, 0.1) is 0 Å². The fourth-order valence-corrected chi connectivity index (χ4v) is 1.52. The lowest BCUT2D eigenvalue weighted by Crippen LogP contribution is -2.14. The summed E-state index contributed by atoms with van der Waals surface area (Å²) >= 11 is 0. The van der Waals surface area contributed by atoms with Crippen molar-refractivity contribution in [3.05, 3.63) is 29.3 Å². The Balaban J connectivity index is 2.28. The Bertz CT molecular complexity index is 404. The molecule has 0 aromatic carbocycles. The summed E-state index contributed by atoms with van der Waals surface area (Å²) in [5, 5.41) is 8.58. The van der Waals surface area contributed by atoms with Gasteiger partial charge in [-0.1, -0.05) is 0 Å². The quantitative estimate of drug-likeness (QED) is 0.789. The molecule has 0 aliphatic heterocycles. The van der Waals surface area contributed by atoms with Crippen LogP contribution in [0.2, 0.25) is 0 Å². The molecule has 1 aromatic rings. The van der Waals surface area contributed by atoms with Crippen LogP contribution in [0.1, 0.15) is 34.9 Å². The van der Waals surface area contributed by atoms with Crippen molar-refractivity contribution in [2.45, 2.75) is 18.9 Å². The van der Waals surface area contributed by atoms with Crippen molar-refractivity contribution in [1.29, 1.82) is 0 Å². The first kappa shape index (κ1) is 10.0. The predicted molar refractivity (Wildman–Crippen MR) is 50.8 cm³/mol. The number of nitrogens with zero attached hydrogens (tertiary/aromatic N) is 1. The third-order valence-corrected chi connectivity index (χ3v) is 2.58. The summed E-state index contributed by atoms with van der Waals surface area (Å²) in [5.74, 6) is -1.79. The number of carbonyl (C=O) groups is 1. The van der Waals surface area contributed by atoms with E-state index in [-0.39, 0.29) is 6.04 Å². The zero-order valence-electron chi connectivity index (χ0n) is 7.98. The molecule has 0 unspecified atom stereocenters. The summed E-state index contributed by atoms with van der Waals surface area (Å²) in [5.41, 5.74) is 5.86. The van der Waals surface area contributed by atoms with E-state index in [4.69, 9.17) is 10.8 Å². The zero-order valence-corrected chi connectivity index (χ0v) is 7.98. The second-order valence-electron chi connectivity index (χ2n) is 3.77. The lowest BCUT2D eigenvalue weighted by Gasteiger charge is -2.10. The van der Waals surface area contributed by atoms with E-state index < -0.39 is 17.5 Å². The van der Waals surface area contributed by atoms with Crippen molar-refractivity contribution < 1.29 is 14.3 Å². The molecule has 1 aliphatic carbocycles. The number of carboxylic acid groups (broad SMARTS) is 1. The van der Waals surface area contributed by atoms with E-state index in [1.807, 2.05) is 0 Å². The smallest absolute Gasteiger partial charge is 0.357 e. The summed E-state index contributed by atoms with van der Waals surface area (Å²) in [6.07, 6.45) is 3.43. The Morgan fingerprint density at radius 2 is 2.33 bits per heavy atom. The topological polar surface area (TPSA) is 76.2 Å². The summed E-state index contributed by atoms with van der Waals surface area (Å²) in [6, 6.07) is 0.939. The first-order valence-electron chi connectivity index (χ1n) is 4.74. The Morgan fingerprint density at radius 3 is 2.80 bits per heavy atom. The van der Waals surface area contributed by atoms with E-state index in [0.29, 0.717) is 11.5 Å². The van der Waals surface area contributed by atoms with Crippen LogP contribution in [0.15, 0.2) is 12.3 Å². The predicted octanol–water partition coefficient (Wildman–Crippen LogP) is 1.33. The van der Waals surface area contributed by atoms with Gasteiger partial charge in [0.1, 0.15) is 0 Å². The highest BCUT2D eigenvalue weighted by Gasteiger charge is 2.30. The fraction of sp³-hybridized carbons (Fsp3) is 0.400. The number of pyridine rings is 1. The molecule has 1 atom stereocenters. The highest BCUT2D eigenvalue weighted by atomic mass is 19.1. The Labute approximate surface area is 85.9 Å². The van der Waals surface area contributed by atoms with Crippen LogP contribution >= 0.6 is 0 Å². The maximum atomic E-state index is 13.2. The largest absolute Gasteiger partial charge is 0.476 e. The maximum absolute atomic E-state index is 13.2. The third kappa shape index (κ3) is 1.97. The Morgan fingerprint density at radius 1 is 1.67 bits per heavy atom. The molecular formula is C10H11FN2O2. The molecule has 5 heteroatoms. The molecule has 80 valence electrons. The van der Waals surface area contributed by atoms with Gasteiger partial charge in [0, 0.05) is 12.2 Å². The van der Waals surface area contributed by atoms with Crippen LogP contribution in [-0.4, -0.2) is 16.1 Å². The van der Waals surface area contributed by atoms with Crippen molar-refractivity contribution in [2.75, 3.05) is 0 Å². The highest BCUT2D eigenvalue weighted by molar-refractivity contribution is 5.85. The number of aromatic carboxylic acids is 1. The van der Waals surface area contributed by atoms with Gasteiger partial charge in [-0.2, -0.15) is 0 Å². The normalized spacial score (nSPS) is 17.5. The van der Waals surface area contributed by atoms with Crippen LogP contribution in [-0.2, 0) is 0 Å². The molecule has 4 nitrogen and oxygen atoms in total. The SMILES string of the molecule is N[C@@H](c1cnc(C(=O)O)c(F)c1)C1CC1. The van der Waals surface area contributed by atoms with Gasteiger partial charge in [-0.05, 0) is 30.4 Å². The van der Waals surface area contributed by atoms with Crippen molar-refractivity contribution >= 4 is 5.97 Å². The standard InChI is InChI=1S/C10H11FN2O2/c11-7-3-6(8(12)5-1-2-5)4-13-9(7)10(14)15/h3-5,8H,1-2,12H2,(H,14,15)/t8-/m1/s1. The fourth-order valence-electron chi connectivity index (χ4n) is 1.52. The van der Waals surface area contributed by atoms with Crippen LogP contribution in [0.3, 0.4) is 0 Å². The van der Waals surface area contributed by atoms with E-state index in [2.05, 4.69) is 4.98 Å². The van der Waals surface area contributed by atoms with Gasteiger partial charge in [0.15, 0.2) is 11.5 Å². The number of carboxylic acids is 1. The number of hydrogen-bond donors (Lipinski definition) is 2. The molecule has 0 amide bonds. The van der Waals surface area contributed by atoms with Gasteiger partial charge in [-0.25, -0.2) is 14.2 Å². The van der Waals surface area contributed by atoms with Crippen molar-refractivity contribution in [3.8, 4) is 0 Å². The third-order valence-electron chi connectivity index (χ3n) is 2.58. The van der Waals surface area contributed by atoms with Gasteiger partial charge >= 0.3 is 5.97 Å². The summed E-state index contributed by atoms with van der Waals surface area (Å²) in [6.45, 7) is 0. The lowest BCUT2D eigenvalue weighted by molar-refractivity contribution is 0.0685. The average Bonchev–Trinajstić information content (AvgIpc) is 2.99. The van der Waals surface area contributed by atoms with Gasteiger partial charge in [0.25, 0.3) is 0 Å². The highest BCUT2D eigenvalue weighted by Crippen LogP contribution is 2.39. The number of aromatic nitrogens is 1. The van der Waals surface area contributed by atoms with Gasteiger partial charge in [-0.3, -0.25) is 0 Å². The summed E-state index contributed by atoms with van der Waals surface area (Å²) in [7, 11) is 0. The Hall–Kier alpha value is -1.49. The van der Waals surface area contributed by atoms with E-state index in [9.17, 15) is 9.18 Å². The molecule has 0 radical (unpaired) electrons. The van der Waals surface area contributed by atoms with E-state index >= 15 is 0 Å². The summed E-state index contributed by atoms with van der Waals surface area (Å²) < 4.78 is 13.2.